The molecule has 3 N–H and O–H groups in total. The topological polar surface area (TPSA) is 64.0 Å². The lowest BCUT2D eigenvalue weighted by molar-refractivity contribution is -0.326. The Morgan fingerprint density at radius 2 is 2.07 bits per heavy atom. The van der Waals surface area contributed by atoms with Gasteiger partial charge in [0.1, 0.15) is 17.1 Å². The number of benzene rings is 1. The number of nitrogen functional groups attached to an aromatic ring is 1. The standard InChI is InChI=1S/C11H9N3/c1-7-8-4-2-3-5-10(8)14-11(13)9(7)6-12/h2-5H,1H3,(H2,13,14)/p+1. The summed E-state index contributed by atoms with van der Waals surface area (Å²) in [5.74, 6) is 0.434. The maximum Gasteiger partial charge on any atom is 0.289 e. The smallest absolute Gasteiger partial charge is 0.286 e. The number of nitriles is 1. The van der Waals surface area contributed by atoms with Gasteiger partial charge in [0.15, 0.2) is 0 Å². The quantitative estimate of drug-likeness (QED) is 0.672. The number of nitrogens with zero attached hydrogens (tertiary/aromatic N) is 1. The van der Waals surface area contributed by atoms with Crippen LogP contribution in [0.1, 0.15) is 11.1 Å². The van der Waals surface area contributed by atoms with Crippen molar-refractivity contribution in [2.75, 3.05) is 5.73 Å². The molecule has 0 unspecified atom stereocenters. The van der Waals surface area contributed by atoms with Crippen LogP contribution in [-0.2, 0) is 0 Å². The fraction of sp³-hybridized carbons (Fsp3) is 0.0909. The summed E-state index contributed by atoms with van der Waals surface area (Å²) in [4.78, 5) is 3.01. The van der Waals surface area contributed by atoms with Crippen molar-refractivity contribution in [3.05, 3.63) is 35.4 Å². The molecule has 0 aliphatic rings. The van der Waals surface area contributed by atoms with E-state index in [1.54, 1.807) is 0 Å². The Kier molecular flexibility index (Phi) is 1.83. The first-order valence-electron chi connectivity index (χ1n) is 4.34. The van der Waals surface area contributed by atoms with Crippen molar-refractivity contribution in [2.24, 2.45) is 0 Å². The first kappa shape index (κ1) is 8.52. The molecule has 0 aliphatic carbocycles. The van der Waals surface area contributed by atoms with E-state index in [0.717, 1.165) is 16.5 Å². The number of H-pyrrole nitrogens is 1. The molecule has 1 aromatic heterocycles. The van der Waals surface area contributed by atoms with E-state index >= 15 is 0 Å². The second kappa shape index (κ2) is 3.00. The normalized spacial score (nSPS) is 10.0. The van der Waals surface area contributed by atoms with Crippen LogP contribution in [0.5, 0.6) is 0 Å². The molecule has 0 aliphatic heterocycles. The molecule has 0 amide bonds. The summed E-state index contributed by atoms with van der Waals surface area (Å²) in [6.07, 6.45) is 0. The highest BCUT2D eigenvalue weighted by Crippen LogP contribution is 2.19. The lowest BCUT2D eigenvalue weighted by Crippen LogP contribution is -2.14. The molecule has 14 heavy (non-hydrogen) atoms. The Labute approximate surface area is 81.8 Å². The van der Waals surface area contributed by atoms with Gasteiger partial charge in [0, 0.05) is 5.39 Å². The zero-order chi connectivity index (χ0) is 10.1. The molecular formula is C11H10N3+. The molecule has 2 rings (SSSR count). The molecule has 0 saturated carbocycles. The van der Waals surface area contributed by atoms with E-state index in [-0.39, 0.29) is 0 Å². The Bertz CT molecular complexity index is 538. The van der Waals surface area contributed by atoms with Gasteiger partial charge in [-0.05, 0) is 18.6 Å². The van der Waals surface area contributed by atoms with Crippen LogP contribution in [0.25, 0.3) is 10.9 Å². The molecule has 0 radical (unpaired) electrons. The zero-order valence-electron chi connectivity index (χ0n) is 7.83. The lowest BCUT2D eigenvalue weighted by Gasteiger charge is -2.01. The van der Waals surface area contributed by atoms with E-state index in [2.05, 4.69) is 11.1 Å². The summed E-state index contributed by atoms with van der Waals surface area (Å²) in [6, 6.07) is 9.90. The maximum atomic E-state index is 8.91. The van der Waals surface area contributed by atoms with Crippen molar-refractivity contribution >= 4 is 16.7 Å². The summed E-state index contributed by atoms with van der Waals surface area (Å²) in [5.41, 5.74) is 8.14. The van der Waals surface area contributed by atoms with Crippen LogP contribution in [0, 0.1) is 18.3 Å². The van der Waals surface area contributed by atoms with E-state index in [4.69, 9.17) is 11.0 Å². The van der Waals surface area contributed by atoms with Crippen LogP contribution >= 0.6 is 0 Å². The van der Waals surface area contributed by atoms with Crippen LogP contribution in [0.15, 0.2) is 24.3 Å². The minimum Gasteiger partial charge on any atom is -0.286 e. The Morgan fingerprint density at radius 3 is 2.79 bits per heavy atom. The molecule has 1 aromatic carbocycles. The first-order chi connectivity index (χ1) is 6.74. The number of aromatic nitrogens is 1. The van der Waals surface area contributed by atoms with Crippen LogP contribution in [0.4, 0.5) is 5.82 Å². The van der Waals surface area contributed by atoms with Gasteiger partial charge in [-0.2, -0.15) is 5.26 Å². The highest BCUT2D eigenvalue weighted by atomic mass is 14.8. The number of aromatic amines is 1. The van der Waals surface area contributed by atoms with Crippen molar-refractivity contribution in [2.45, 2.75) is 6.92 Å². The van der Waals surface area contributed by atoms with Gasteiger partial charge in [-0.15, -0.1) is 0 Å². The maximum absolute atomic E-state index is 8.91. The number of nitrogens with one attached hydrogen (secondary N) is 1. The van der Waals surface area contributed by atoms with Crippen molar-refractivity contribution in [3.63, 3.8) is 0 Å². The fourth-order valence-corrected chi connectivity index (χ4v) is 1.61. The van der Waals surface area contributed by atoms with Crippen molar-refractivity contribution in [1.82, 2.24) is 0 Å². The van der Waals surface area contributed by atoms with E-state index in [9.17, 15) is 0 Å². The van der Waals surface area contributed by atoms with Crippen molar-refractivity contribution in [3.8, 4) is 6.07 Å². The minimum atomic E-state index is 0.434. The average molecular weight is 184 g/mol. The van der Waals surface area contributed by atoms with Gasteiger partial charge in [-0.1, -0.05) is 18.2 Å². The Balaban J connectivity index is 2.95. The number of pyridine rings is 1. The van der Waals surface area contributed by atoms with Crippen LogP contribution < -0.4 is 10.7 Å². The van der Waals surface area contributed by atoms with Gasteiger partial charge < -0.3 is 0 Å². The molecule has 3 nitrogen and oxygen atoms in total. The number of hydrogen-bond donors (Lipinski definition) is 1. The van der Waals surface area contributed by atoms with Gasteiger partial charge in [-0.3, -0.25) is 5.73 Å². The van der Waals surface area contributed by atoms with Crippen molar-refractivity contribution < 1.29 is 4.98 Å². The molecule has 0 saturated heterocycles. The second-order valence-corrected chi connectivity index (χ2v) is 3.20. The highest BCUT2D eigenvalue weighted by molar-refractivity contribution is 5.82. The predicted molar refractivity (Wildman–Crippen MR) is 54.4 cm³/mol. The van der Waals surface area contributed by atoms with Crippen LogP contribution in [-0.4, -0.2) is 0 Å². The third-order valence-corrected chi connectivity index (χ3v) is 2.36. The SMILES string of the molecule is Cc1c(C#N)c(N)[nH+]c2ccccc12. The summed E-state index contributed by atoms with van der Waals surface area (Å²) in [5, 5.41) is 9.95. The van der Waals surface area contributed by atoms with Gasteiger partial charge in [0.05, 0.1) is 0 Å². The minimum absolute atomic E-state index is 0.434. The third-order valence-electron chi connectivity index (χ3n) is 2.36. The molecule has 0 atom stereocenters. The summed E-state index contributed by atoms with van der Waals surface area (Å²) in [6.45, 7) is 1.91. The number of anilines is 1. The number of rotatable bonds is 0. The molecule has 0 fully saturated rings. The average Bonchev–Trinajstić information content (AvgIpc) is 2.18. The third kappa shape index (κ3) is 1.09. The number of nitrogens with two attached hydrogens (primary N) is 1. The van der Waals surface area contributed by atoms with E-state index in [0.29, 0.717) is 11.4 Å². The van der Waals surface area contributed by atoms with Crippen LogP contribution in [0.3, 0.4) is 0 Å². The largest absolute Gasteiger partial charge is 0.289 e. The Hall–Kier alpha value is -2.08. The fourth-order valence-electron chi connectivity index (χ4n) is 1.61. The molecule has 2 aromatic rings. The zero-order valence-corrected chi connectivity index (χ0v) is 7.83. The van der Waals surface area contributed by atoms with Gasteiger partial charge in [0.2, 0.25) is 0 Å². The summed E-state index contributed by atoms with van der Waals surface area (Å²) < 4.78 is 0. The monoisotopic (exact) mass is 184 g/mol. The van der Waals surface area contributed by atoms with Gasteiger partial charge >= 0.3 is 0 Å². The first-order valence-corrected chi connectivity index (χ1v) is 4.34. The molecule has 0 bridgehead atoms. The number of hydrogen-bond acceptors (Lipinski definition) is 2. The Morgan fingerprint density at radius 1 is 1.36 bits per heavy atom. The summed E-state index contributed by atoms with van der Waals surface area (Å²) >= 11 is 0. The van der Waals surface area contributed by atoms with Crippen molar-refractivity contribution in [1.29, 1.82) is 5.26 Å². The van der Waals surface area contributed by atoms with Crippen LogP contribution in [0.2, 0.25) is 0 Å². The lowest BCUT2D eigenvalue weighted by atomic mass is 10.1. The molecule has 1 heterocycles. The number of aryl methyl sites for hydroxylation is 1. The molecular weight excluding hydrogens is 174 g/mol. The second-order valence-electron chi connectivity index (χ2n) is 3.20. The van der Waals surface area contributed by atoms with E-state index < -0.39 is 0 Å². The molecule has 68 valence electrons. The molecule has 3 heteroatoms. The van der Waals surface area contributed by atoms with E-state index in [1.165, 1.54) is 0 Å². The highest BCUT2D eigenvalue weighted by Gasteiger charge is 2.12. The number of para-hydroxylation sites is 1. The summed E-state index contributed by atoms with van der Waals surface area (Å²) in [7, 11) is 0. The van der Waals surface area contributed by atoms with Gasteiger partial charge in [0.25, 0.3) is 5.82 Å². The van der Waals surface area contributed by atoms with Gasteiger partial charge in [-0.25, -0.2) is 4.98 Å². The number of fused-ring (bicyclic) bond motifs is 1. The molecule has 0 spiro atoms. The predicted octanol–water partition coefficient (Wildman–Crippen LogP) is 1.42. The van der Waals surface area contributed by atoms with E-state index in [1.807, 2.05) is 31.2 Å².